The molecule has 0 spiro atoms. The fourth-order valence-electron chi connectivity index (χ4n) is 2.16. The quantitative estimate of drug-likeness (QED) is 0.823. The number of imidazole rings is 1. The first-order valence-corrected chi connectivity index (χ1v) is 6.63. The van der Waals surface area contributed by atoms with Crippen LogP contribution in [-0.2, 0) is 6.54 Å². The van der Waals surface area contributed by atoms with Crippen molar-refractivity contribution in [2.75, 3.05) is 25.5 Å². The number of nitrogens with one attached hydrogen (secondary N) is 1. The van der Waals surface area contributed by atoms with Crippen molar-refractivity contribution in [3.63, 3.8) is 0 Å². The van der Waals surface area contributed by atoms with Gasteiger partial charge in [-0.3, -0.25) is 0 Å². The topological polar surface area (TPSA) is 52.8 Å². The predicted molar refractivity (Wildman–Crippen MR) is 77.5 cm³/mol. The molecule has 0 radical (unpaired) electrons. The highest BCUT2D eigenvalue weighted by molar-refractivity contribution is 5.55. The minimum atomic E-state index is -0.285. The van der Waals surface area contributed by atoms with E-state index in [1.54, 1.807) is 0 Å². The molecule has 0 aromatic carbocycles. The summed E-state index contributed by atoms with van der Waals surface area (Å²) in [6.45, 7) is 3.36. The molecule has 0 aliphatic carbocycles. The number of aliphatic hydroxyl groups is 1. The molecule has 0 saturated carbocycles. The Morgan fingerprint density at radius 3 is 2.95 bits per heavy atom. The van der Waals surface area contributed by atoms with Crippen LogP contribution in [-0.4, -0.2) is 41.2 Å². The summed E-state index contributed by atoms with van der Waals surface area (Å²) in [4.78, 5) is 6.78. The van der Waals surface area contributed by atoms with Gasteiger partial charge < -0.3 is 19.7 Å². The van der Waals surface area contributed by atoms with Crippen molar-refractivity contribution in [3.8, 4) is 0 Å². The number of fused-ring (bicyclic) bond motifs is 1. The molecule has 0 saturated heterocycles. The molecule has 104 valence electrons. The van der Waals surface area contributed by atoms with E-state index in [-0.39, 0.29) is 6.10 Å². The van der Waals surface area contributed by atoms with E-state index in [2.05, 4.69) is 19.6 Å². The molecule has 5 heteroatoms. The molecule has 0 fully saturated rings. The lowest BCUT2D eigenvalue weighted by Gasteiger charge is -2.19. The molecule has 0 bridgehead atoms. The van der Waals surface area contributed by atoms with E-state index < -0.39 is 0 Å². The SMILES string of the molecule is CNCc1c(N(C)CCC(C)O)nc2ccccn12. The summed E-state index contributed by atoms with van der Waals surface area (Å²) in [6.07, 6.45) is 2.48. The monoisotopic (exact) mass is 262 g/mol. The van der Waals surface area contributed by atoms with Crippen LogP contribution in [0.3, 0.4) is 0 Å². The summed E-state index contributed by atoms with van der Waals surface area (Å²) < 4.78 is 2.10. The molecule has 0 aliphatic heterocycles. The van der Waals surface area contributed by atoms with Crippen LogP contribution in [0.1, 0.15) is 19.0 Å². The standard InChI is InChI=1S/C14H22N4O/c1-11(19)7-9-17(3)14-12(10-15-2)18-8-5-4-6-13(18)16-14/h4-6,8,11,15,19H,7,9-10H2,1-3H3. The first-order valence-electron chi connectivity index (χ1n) is 6.63. The van der Waals surface area contributed by atoms with Crippen LogP contribution in [0.25, 0.3) is 5.65 Å². The van der Waals surface area contributed by atoms with Gasteiger partial charge in [-0.1, -0.05) is 6.07 Å². The Bertz CT molecular complexity index is 535. The number of pyridine rings is 1. The molecule has 1 unspecified atom stereocenters. The van der Waals surface area contributed by atoms with Gasteiger partial charge in [0, 0.05) is 26.3 Å². The predicted octanol–water partition coefficient (Wildman–Crippen LogP) is 1.26. The lowest BCUT2D eigenvalue weighted by Crippen LogP contribution is -2.24. The molecule has 2 rings (SSSR count). The Kier molecular flexibility index (Phi) is 4.39. The molecule has 2 heterocycles. The second-order valence-electron chi connectivity index (χ2n) is 4.90. The van der Waals surface area contributed by atoms with Gasteiger partial charge in [0.1, 0.15) is 5.65 Å². The zero-order valence-electron chi connectivity index (χ0n) is 11.8. The zero-order chi connectivity index (χ0) is 13.8. The van der Waals surface area contributed by atoms with Crippen LogP contribution in [0.5, 0.6) is 0 Å². The summed E-state index contributed by atoms with van der Waals surface area (Å²) in [7, 11) is 3.95. The van der Waals surface area contributed by atoms with E-state index in [1.807, 2.05) is 45.4 Å². The first-order chi connectivity index (χ1) is 9.13. The highest BCUT2D eigenvalue weighted by Gasteiger charge is 2.15. The van der Waals surface area contributed by atoms with Gasteiger partial charge in [-0.25, -0.2) is 4.98 Å². The summed E-state index contributed by atoms with van der Waals surface area (Å²) in [5.41, 5.74) is 2.10. The fourth-order valence-corrected chi connectivity index (χ4v) is 2.16. The largest absolute Gasteiger partial charge is 0.393 e. The molecule has 2 N–H and O–H groups in total. The normalized spacial score (nSPS) is 12.8. The maximum atomic E-state index is 9.40. The third-order valence-electron chi connectivity index (χ3n) is 3.20. The van der Waals surface area contributed by atoms with Gasteiger partial charge in [0.25, 0.3) is 0 Å². The van der Waals surface area contributed by atoms with Crippen molar-refractivity contribution in [2.45, 2.75) is 26.0 Å². The Balaban J connectivity index is 2.32. The minimum absolute atomic E-state index is 0.285. The van der Waals surface area contributed by atoms with E-state index in [0.29, 0.717) is 0 Å². The summed E-state index contributed by atoms with van der Waals surface area (Å²) in [5.74, 6) is 0.973. The average molecular weight is 262 g/mol. The molecular weight excluding hydrogens is 240 g/mol. The van der Waals surface area contributed by atoms with Crippen molar-refractivity contribution < 1.29 is 5.11 Å². The Labute approximate surface area is 113 Å². The van der Waals surface area contributed by atoms with Gasteiger partial charge in [0.15, 0.2) is 5.82 Å². The smallest absolute Gasteiger partial charge is 0.152 e. The number of rotatable bonds is 6. The van der Waals surface area contributed by atoms with E-state index in [1.165, 1.54) is 0 Å². The fraction of sp³-hybridized carbons (Fsp3) is 0.500. The third-order valence-corrected chi connectivity index (χ3v) is 3.20. The molecule has 2 aromatic heterocycles. The number of nitrogens with zero attached hydrogens (tertiary/aromatic N) is 3. The van der Waals surface area contributed by atoms with Gasteiger partial charge in [-0.15, -0.1) is 0 Å². The van der Waals surface area contributed by atoms with Gasteiger partial charge >= 0.3 is 0 Å². The minimum Gasteiger partial charge on any atom is -0.393 e. The van der Waals surface area contributed by atoms with E-state index >= 15 is 0 Å². The van der Waals surface area contributed by atoms with Crippen LogP contribution in [0.15, 0.2) is 24.4 Å². The van der Waals surface area contributed by atoms with Crippen LogP contribution in [0.4, 0.5) is 5.82 Å². The van der Waals surface area contributed by atoms with Crippen LogP contribution < -0.4 is 10.2 Å². The number of aliphatic hydroxyl groups excluding tert-OH is 1. The average Bonchev–Trinajstić information content (AvgIpc) is 2.76. The second-order valence-corrected chi connectivity index (χ2v) is 4.90. The van der Waals surface area contributed by atoms with Crippen LogP contribution >= 0.6 is 0 Å². The molecule has 5 nitrogen and oxygen atoms in total. The number of hydrogen-bond acceptors (Lipinski definition) is 4. The second kappa shape index (κ2) is 6.04. The molecule has 0 aliphatic rings. The van der Waals surface area contributed by atoms with Gasteiger partial charge in [0.05, 0.1) is 11.8 Å². The summed E-state index contributed by atoms with van der Waals surface area (Å²) >= 11 is 0. The molecular formula is C14H22N4O. The Hall–Kier alpha value is -1.59. The van der Waals surface area contributed by atoms with E-state index in [0.717, 1.165) is 36.7 Å². The van der Waals surface area contributed by atoms with E-state index in [4.69, 9.17) is 0 Å². The number of hydrogen-bond donors (Lipinski definition) is 2. The van der Waals surface area contributed by atoms with E-state index in [9.17, 15) is 5.11 Å². The van der Waals surface area contributed by atoms with Gasteiger partial charge in [-0.05, 0) is 32.5 Å². The molecule has 2 aromatic rings. The lowest BCUT2D eigenvalue weighted by molar-refractivity contribution is 0.187. The maximum absolute atomic E-state index is 9.40. The highest BCUT2D eigenvalue weighted by Crippen LogP contribution is 2.21. The number of anilines is 1. The van der Waals surface area contributed by atoms with Gasteiger partial charge in [0.2, 0.25) is 0 Å². The zero-order valence-corrected chi connectivity index (χ0v) is 11.8. The van der Waals surface area contributed by atoms with Crippen molar-refractivity contribution in [2.24, 2.45) is 0 Å². The molecule has 1 atom stereocenters. The molecule has 0 amide bonds. The Morgan fingerprint density at radius 2 is 2.26 bits per heavy atom. The van der Waals surface area contributed by atoms with Crippen molar-refractivity contribution in [1.29, 1.82) is 0 Å². The highest BCUT2D eigenvalue weighted by atomic mass is 16.3. The van der Waals surface area contributed by atoms with Crippen LogP contribution in [0.2, 0.25) is 0 Å². The summed E-state index contributed by atoms with van der Waals surface area (Å²) in [6, 6.07) is 6.00. The first kappa shape index (κ1) is 13.8. The van der Waals surface area contributed by atoms with Crippen LogP contribution in [0, 0.1) is 0 Å². The van der Waals surface area contributed by atoms with Crippen molar-refractivity contribution in [3.05, 3.63) is 30.1 Å². The Morgan fingerprint density at radius 1 is 1.47 bits per heavy atom. The molecule has 19 heavy (non-hydrogen) atoms. The lowest BCUT2D eigenvalue weighted by atomic mass is 10.2. The van der Waals surface area contributed by atoms with Crippen molar-refractivity contribution >= 4 is 11.5 Å². The van der Waals surface area contributed by atoms with Crippen molar-refractivity contribution in [1.82, 2.24) is 14.7 Å². The maximum Gasteiger partial charge on any atom is 0.152 e. The van der Waals surface area contributed by atoms with Gasteiger partial charge in [-0.2, -0.15) is 0 Å². The third kappa shape index (κ3) is 3.05. The number of aromatic nitrogens is 2. The summed E-state index contributed by atoms with van der Waals surface area (Å²) in [5, 5.41) is 12.6.